The van der Waals surface area contributed by atoms with Crippen molar-refractivity contribution < 1.29 is 27.4 Å². The number of ether oxygens (including phenoxy) is 2. The lowest BCUT2D eigenvalue weighted by atomic mass is 10.2. The van der Waals surface area contributed by atoms with E-state index in [4.69, 9.17) is 11.5 Å². The van der Waals surface area contributed by atoms with Crippen molar-refractivity contribution in [3.63, 3.8) is 0 Å². The van der Waals surface area contributed by atoms with Crippen LogP contribution in [0.25, 0.3) is 0 Å². The minimum atomic E-state index is -4.97. The molecule has 4 N–H and O–H groups in total. The van der Waals surface area contributed by atoms with Gasteiger partial charge in [0.2, 0.25) is 0 Å². The zero-order chi connectivity index (χ0) is 13.9. The Labute approximate surface area is 99.7 Å². The number of aromatic nitrogens is 1. The summed E-state index contributed by atoms with van der Waals surface area (Å²) in [6, 6.07) is 0.828. The highest BCUT2D eigenvalue weighted by atomic mass is 19.4. The largest absolute Gasteiger partial charge is 0.573 e. The Morgan fingerprint density at radius 2 is 2.11 bits per heavy atom. The van der Waals surface area contributed by atoms with Gasteiger partial charge in [-0.15, -0.1) is 13.2 Å². The summed E-state index contributed by atoms with van der Waals surface area (Å²) < 4.78 is 44.4. The number of nitrogens with two attached hydrogens (primary N) is 2. The van der Waals surface area contributed by atoms with Crippen LogP contribution < -0.4 is 16.2 Å². The third-order valence-electron chi connectivity index (χ3n) is 1.90. The maximum Gasteiger partial charge on any atom is 0.573 e. The van der Waals surface area contributed by atoms with Crippen molar-refractivity contribution in [3.8, 4) is 5.75 Å². The molecule has 0 aliphatic heterocycles. The highest BCUT2D eigenvalue weighted by Gasteiger charge is 2.34. The van der Waals surface area contributed by atoms with E-state index in [0.29, 0.717) is 0 Å². The van der Waals surface area contributed by atoms with Gasteiger partial charge in [-0.25, -0.2) is 9.78 Å². The molecular weight excluding hydrogens is 255 g/mol. The predicted molar refractivity (Wildman–Crippen MR) is 54.6 cm³/mol. The summed E-state index contributed by atoms with van der Waals surface area (Å²) in [4.78, 5) is 14.9. The molecule has 0 aliphatic rings. The van der Waals surface area contributed by atoms with Crippen molar-refractivity contribution in [1.82, 2.24) is 4.98 Å². The molecule has 9 heteroatoms. The summed E-state index contributed by atoms with van der Waals surface area (Å²) in [5.74, 6) is -1.91. The van der Waals surface area contributed by atoms with Crippen molar-refractivity contribution in [3.05, 3.63) is 17.5 Å². The number of pyridine rings is 1. The first kappa shape index (κ1) is 14.0. The summed E-state index contributed by atoms with van der Waals surface area (Å²) in [6.45, 7) is -0.137. The molecule has 100 valence electrons. The Morgan fingerprint density at radius 1 is 1.50 bits per heavy atom. The topological polar surface area (TPSA) is 100 Å². The minimum absolute atomic E-state index is 0.0740. The smallest absolute Gasteiger partial charge is 0.464 e. The first-order valence-electron chi connectivity index (χ1n) is 4.62. The van der Waals surface area contributed by atoms with Crippen LogP contribution in [0.15, 0.2) is 6.07 Å². The maximum atomic E-state index is 12.1. The summed E-state index contributed by atoms with van der Waals surface area (Å²) in [6.07, 6.45) is -4.97. The molecule has 0 saturated heterocycles. The van der Waals surface area contributed by atoms with Gasteiger partial charge in [-0.2, -0.15) is 0 Å². The van der Waals surface area contributed by atoms with Crippen LogP contribution in [0.4, 0.5) is 18.9 Å². The molecule has 0 bridgehead atoms. The van der Waals surface area contributed by atoms with Crippen LogP contribution >= 0.6 is 0 Å². The molecule has 6 nitrogen and oxygen atoms in total. The number of methoxy groups -OCH3 is 1. The second-order valence-corrected chi connectivity index (χ2v) is 3.11. The summed E-state index contributed by atoms with van der Waals surface area (Å²) >= 11 is 0. The third kappa shape index (κ3) is 3.23. The van der Waals surface area contributed by atoms with Gasteiger partial charge in [0.05, 0.1) is 18.5 Å². The molecule has 0 amide bonds. The lowest BCUT2D eigenvalue weighted by Gasteiger charge is -2.13. The number of hydrogen-bond donors (Lipinski definition) is 2. The summed E-state index contributed by atoms with van der Waals surface area (Å²) in [7, 11) is 1.000. The number of nitrogens with zero attached hydrogens (tertiary/aromatic N) is 1. The zero-order valence-electron chi connectivity index (χ0n) is 9.25. The molecule has 1 heterocycles. The van der Waals surface area contributed by atoms with Gasteiger partial charge >= 0.3 is 12.3 Å². The molecular formula is C9H10F3N3O3. The molecule has 18 heavy (non-hydrogen) atoms. The van der Waals surface area contributed by atoms with Gasteiger partial charge in [0.1, 0.15) is 0 Å². The van der Waals surface area contributed by atoms with Crippen LogP contribution in [-0.2, 0) is 11.3 Å². The van der Waals surface area contributed by atoms with E-state index in [0.717, 1.165) is 13.2 Å². The first-order chi connectivity index (χ1) is 8.28. The predicted octanol–water partition coefficient (Wildman–Crippen LogP) is 0.808. The molecule has 1 aromatic heterocycles. The van der Waals surface area contributed by atoms with Crippen LogP contribution in [-0.4, -0.2) is 24.4 Å². The van der Waals surface area contributed by atoms with Gasteiger partial charge in [-0.05, 0) is 0 Å². The number of nitrogen functional groups attached to an aromatic ring is 1. The Bertz CT molecular complexity index is 462. The zero-order valence-corrected chi connectivity index (χ0v) is 9.25. The molecule has 0 radical (unpaired) electrons. The lowest BCUT2D eigenvalue weighted by Crippen LogP contribution is -2.21. The van der Waals surface area contributed by atoms with Crippen molar-refractivity contribution in [2.75, 3.05) is 12.8 Å². The van der Waals surface area contributed by atoms with E-state index in [1.165, 1.54) is 0 Å². The van der Waals surface area contributed by atoms with Crippen molar-refractivity contribution >= 4 is 11.7 Å². The summed E-state index contributed by atoms with van der Waals surface area (Å²) in [5, 5.41) is 0. The van der Waals surface area contributed by atoms with Crippen molar-refractivity contribution in [1.29, 1.82) is 0 Å². The molecule has 1 aromatic rings. The van der Waals surface area contributed by atoms with Gasteiger partial charge in [0.25, 0.3) is 0 Å². The Morgan fingerprint density at radius 3 is 2.56 bits per heavy atom. The van der Waals surface area contributed by atoms with Crippen molar-refractivity contribution in [2.45, 2.75) is 12.9 Å². The number of rotatable bonds is 3. The number of halogens is 3. The fourth-order valence-electron chi connectivity index (χ4n) is 1.16. The summed E-state index contributed by atoms with van der Waals surface area (Å²) in [5.41, 5.74) is 10.0. The highest BCUT2D eigenvalue weighted by Crippen LogP contribution is 2.28. The molecule has 0 fully saturated rings. The van der Waals surface area contributed by atoms with Crippen LogP contribution in [0.2, 0.25) is 0 Å². The average molecular weight is 265 g/mol. The Balaban J connectivity index is 3.30. The number of carbonyl (C=O) groups excluding carboxylic acids is 1. The second-order valence-electron chi connectivity index (χ2n) is 3.11. The molecule has 1 rings (SSSR count). The number of carbonyl (C=O) groups is 1. The van der Waals surface area contributed by atoms with E-state index in [9.17, 15) is 18.0 Å². The fourth-order valence-corrected chi connectivity index (χ4v) is 1.16. The van der Waals surface area contributed by atoms with E-state index in [2.05, 4.69) is 14.5 Å². The van der Waals surface area contributed by atoms with Crippen LogP contribution in [0.3, 0.4) is 0 Å². The second kappa shape index (κ2) is 5.08. The molecule has 0 aromatic carbocycles. The van der Waals surface area contributed by atoms with E-state index in [-0.39, 0.29) is 17.9 Å². The molecule has 0 atom stereocenters. The average Bonchev–Trinajstić information content (AvgIpc) is 2.26. The van der Waals surface area contributed by atoms with Gasteiger partial charge in [0, 0.05) is 12.6 Å². The number of hydrogen-bond acceptors (Lipinski definition) is 6. The molecule has 0 saturated carbocycles. The monoisotopic (exact) mass is 265 g/mol. The van der Waals surface area contributed by atoms with Gasteiger partial charge in [0.15, 0.2) is 11.4 Å². The quantitative estimate of drug-likeness (QED) is 0.784. The SMILES string of the molecule is COC(=O)c1nc(CN)c(N)cc1OC(F)(F)F. The molecule has 0 aliphatic carbocycles. The van der Waals surface area contributed by atoms with Gasteiger partial charge < -0.3 is 20.9 Å². The van der Waals surface area contributed by atoms with E-state index in [1.54, 1.807) is 0 Å². The maximum absolute atomic E-state index is 12.1. The van der Waals surface area contributed by atoms with E-state index in [1.807, 2.05) is 0 Å². The first-order valence-corrected chi connectivity index (χ1v) is 4.62. The van der Waals surface area contributed by atoms with Gasteiger partial charge in [-0.3, -0.25) is 0 Å². The third-order valence-corrected chi connectivity index (χ3v) is 1.90. The normalized spacial score (nSPS) is 11.2. The van der Waals surface area contributed by atoms with E-state index < -0.39 is 23.8 Å². The number of esters is 1. The van der Waals surface area contributed by atoms with Crippen LogP contribution in [0.1, 0.15) is 16.2 Å². The standard InChI is InChI=1S/C9H10F3N3O3/c1-17-8(16)7-6(18-9(10,11)12)2-4(14)5(3-13)15-7/h2H,3,13-14H2,1H3. The lowest BCUT2D eigenvalue weighted by molar-refractivity contribution is -0.274. The van der Waals surface area contributed by atoms with Crippen molar-refractivity contribution in [2.24, 2.45) is 5.73 Å². The highest BCUT2D eigenvalue weighted by molar-refractivity contribution is 5.90. The van der Waals surface area contributed by atoms with Crippen LogP contribution in [0, 0.1) is 0 Å². The molecule has 0 unspecified atom stereocenters. The molecule has 0 spiro atoms. The Hall–Kier alpha value is -2.03. The minimum Gasteiger partial charge on any atom is -0.464 e. The van der Waals surface area contributed by atoms with Crippen LogP contribution in [0.5, 0.6) is 5.75 Å². The Kier molecular flexibility index (Phi) is 3.96. The van der Waals surface area contributed by atoms with Gasteiger partial charge in [-0.1, -0.05) is 0 Å². The fraction of sp³-hybridized carbons (Fsp3) is 0.333. The number of anilines is 1. The van der Waals surface area contributed by atoms with E-state index >= 15 is 0 Å². The number of alkyl halides is 3.